The van der Waals surface area contributed by atoms with E-state index in [2.05, 4.69) is 63.5 Å². The Labute approximate surface area is 164 Å². The molecule has 0 radical (unpaired) electrons. The van der Waals surface area contributed by atoms with E-state index in [9.17, 15) is 4.79 Å². The summed E-state index contributed by atoms with van der Waals surface area (Å²) in [6.07, 6.45) is 4.12. The Bertz CT molecular complexity index is 865. The zero-order valence-electron chi connectivity index (χ0n) is 16.2. The van der Waals surface area contributed by atoms with Gasteiger partial charge in [0.25, 0.3) is 0 Å². The van der Waals surface area contributed by atoms with Crippen molar-refractivity contribution in [3.63, 3.8) is 0 Å². The average molecular weight is 379 g/mol. The van der Waals surface area contributed by atoms with E-state index in [0.717, 1.165) is 19.5 Å². The van der Waals surface area contributed by atoms with Gasteiger partial charge in [-0.2, -0.15) is 4.98 Å². The molecule has 7 nitrogen and oxygen atoms in total. The molecule has 0 saturated heterocycles. The van der Waals surface area contributed by atoms with Crippen molar-refractivity contribution in [2.75, 3.05) is 13.1 Å². The molecular weight excluding hydrogens is 354 g/mol. The van der Waals surface area contributed by atoms with Gasteiger partial charge in [-0.05, 0) is 38.0 Å². The Hall–Kier alpha value is -3.06. The van der Waals surface area contributed by atoms with Gasteiger partial charge < -0.3 is 9.84 Å². The monoisotopic (exact) mass is 379 g/mol. The largest absolute Gasteiger partial charge is 0.348 e. The lowest BCUT2D eigenvalue weighted by molar-refractivity contribution is 0.0907. The lowest BCUT2D eigenvalue weighted by atomic mass is 10.2. The van der Waals surface area contributed by atoms with Crippen molar-refractivity contribution in [1.82, 2.24) is 25.3 Å². The summed E-state index contributed by atoms with van der Waals surface area (Å²) in [5, 5.41) is 6.68. The number of benzene rings is 1. The van der Waals surface area contributed by atoms with Crippen LogP contribution in [0, 0.1) is 0 Å². The highest BCUT2D eigenvalue weighted by Crippen LogP contribution is 2.13. The second-order valence-corrected chi connectivity index (χ2v) is 6.82. The van der Waals surface area contributed by atoms with Crippen LogP contribution in [0.4, 0.5) is 0 Å². The van der Waals surface area contributed by atoms with Gasteiger partial charge >= 0.3 is 11.8 Å². The van der Waals surface area contributed by atoms with Crippen LogP contribution in [-0.4, -0.2) is 45.1 Å². The molecule has 0 atom stereocenters. The van der Waals surface area contributed by atoms with E-state index in [0.29, 0.717) is 24.0 Å². The number of pyridine rings is 1. The molecule has 1 N–H and O–H groups in total. The highest BCUT2D eigenvalue weighted by Gasteiger charge is 2.16. The fourth-order valence-corrected chi connectivity index (χ4v) is 2.83. The normalized spacial score (nSPS) is 11.1. The van der Waals surface area contributed by atoms with E-state index in [1.165, 1.54) is 5.56 Å². The Kier molecular flexibility index (Phi) is 6.86. The van der Waals surface area contributed by atoms with Crippen LogP contribution < -0.4 is 5.32 Å². The number of rotatable bonds is 9. The van der Waals surface area contributed by atoms with Crippen LogP contribution in [0.3, 0.4) is 0 Å². The van der Waals surface area contributed by atoms with Gasteiger partial charge in [0.05, 0.1) is 0 Å². The summed E-state index contributed by atoms with van der Waals surface area (Å²) >= 11 is 0. The highest BCUT2D eigenvalue weighted by molar-refractivity contribution is 5.89. The molecule has 3 rings (SSSR count). The lowest BCUT2D eigenvalue weighted by Gasteiger charge is -2.26. The fraction of sp³-hybridized carbons (Fsp3) is 0.333. The molecule has 2 heterocycles. The molecule has 0 spiro atoms. The van der Waals surface area contributed by atoms with Crippen molar-refractivity contribution in [3.05, 3.63) is 66.3 Å². The first kappa shape index (κ1) is 19.7. The molecule has 3 aromatic rings. The molecule has 2 aromatic heterocycles. The Morgan fingerprint density at radius 1 is 1.18 bits per heavy atom. The molecule has 0 fully saturated rings. The molecule has 0 aliphatic carbocycles. The Balaban J connectivity index is 1.46. The van der Waals surface area contributed by atoms with Crippen LogP contribution in [0.15, 0.2) is 59.4 Å². The van der Waals surface area contributed by atoms with Gasteiger partial charge in [0, 0.05) is 43.6 Å². The van der Waals surface area contributed by atoms with Crippen molar-refractivity contribution in [2.24, 2.45) is 0 Å². The number of hydrogen-bond acceptors (Lipinski definition) is 6. The number of carbonyl (C=O) groups is 1. The van der Waals surface area contributed by atoms with E-state index < -0.39 is 0 Å². The third-order valence-corrected chi connectivity index (χ3v) is 4.41. The van der Waals surface area contributed by atoms with Crippen molar-refractivity contribution in [3.8, 4) is 11.4 Å². The number of hydrogen-bond donors (Lipinski definition) is 1. The van der Waals surface area contributed by atoms with Gasteiger partial charge in [0.2, 0.25) is 5.82 Å². The summed E-state index contributed by atoms with van der Waals surface area (Å²) in [5.41, 5.74) is 1.99. The molecule has 1 amide bonds. The standard InChI is InChI=1S/C21H25N5O2/c1-16(2)26(15-17-8-4-3-5-9-17)13-7-12-23-20(27)21-24-19(25-28-21)18-10-6-11-22-14-18/h3-6,8-11,14,16H,7,12-13,15H2,1-2H3,(H,23,27). The third-order valence-electron chi connectivity index (χ3n) is 4.41. The predicted molar refractivity (Wildman–Crippen MR) is 106 cm³/mol. The zero-order chi connectivity index (χ0) is 19.8. The SMILES string of the molecule is CC(C)N(CCCNC(=O)c1nc(-c2cccnc2)no1)Cc1ccccc1. The van der Waals surface area contributed by atoms with Crippen LogP contribution in [0.1, 0.15) is 36.5 Å². The quantitative estimate of drug-likeness (QED) is 0.575. The molecule has 7 heteroatoms. The summed E-state index contributed by atoms with van der Waals surface area (Å²) in [7, 11) is 0. The fourth-order valence-electron chi connectivity index (χ4n) is 2.83. The number of amides is 1. The second-order valence-electron chi connectivity index (χ2n) is 6.82. The maximum Gasteiger partial charge on any atom is 0.316 e. The molecule has 0 aliphatic heterocycles. The second kappa shape index (κ2) is 9.75. The van der Waals surface area contributed by atoms with Crippen molar-refractivity contribution >= 4 is 5.91 Å². The summed E-state index contributed by atoms with van der Waals surface area (Å²) in [5.74, 6) is -0.0438. The first-order valence-electron chi connectivity index (χ1n) is 9.44. The number of carbonyl (C=O) groups excluding carboxylic acids is 1. The minimum atomic E-state index is -0.359. The minimum Gasteiger partial charge on any atom is -0.348 e. The maximum absolute atomic E-state index is 12.2. The summed E-state index contributed by atoms with van der Waals surface area (Å²) in [6, 6.07) is 14.4. The van der Waals surface area contributed by atoms with E-state index >= 15 is 0 Å². The summed E-state index contributed by atoms with van der Waals surface area (Å²) < 4.78 is 5.06. The molecule has 146 valence electrons. The third kappa shape index (κ3) is 5.47. The first-order chi connectivity index (χ1) is 13.6. The van der Waals surface area contributed by atoms with Gasteiger partial charge in [0.15, 0.2) is 0 Å². The molecule has 1 aromatic carbocycles. The molecule has 0 aliphatic rings. The smallest absolute Gasteiger partial charge is 0.316 e. The number of aromatic nitrogens is 3. The minimum absolute atomic E-state index is 0.0381. The molecule has 0 saturated carbocycles. The Morgan fingerprint density at radius 3 is 2.71 bits per heavy atom. The van der Waals surface area contributed by atoms with Crippen molar-refractivity contribution in [2.45, 2.75) is 32.9 Å². The van der Waals surface area contributed by atoms with E-state index in [1.807, 2.05) is 12.1 Å². The average Bonchev–Trinajstić information content (AvgIpc) is 3.22. The van der Waals surface area contributed by atoms with Crippen LogP contribution in [-0.2, 0) is 6.54 Å². The van der Waals surface area contributed by atoms with E-state index in [1.54, 1.807) is 18.5 Å². The van der Waals surface area contributed by atoms with Crippen LogP contribution in [0.5, 0.6) is 0 Å². The Morgan fingerprint density at radius 2 is 2.00 bits per heavy atom. The van der Waals surface area contributed by atoms with Crippen LogP contribution in [0.25, 0.3) is 11.4 Å². The first-order valence-corrected chi connectivity index (χ1v) is 9.44. The van der Waals surface area contributed by atoms with Crippen LogP contribution >= 0.6 is 0 Å². The molecule has 0 bridgehead atoms. The van der Waals surface area contributed by atoms with Crippen LogP contribution in [0.2, 0.25) is 0 Å². The maximum atomic E-state index is 12.2. The van der Waals surface area contributed by atoms with Gasteiger partial charge in [-0.25, -0.2) is 0 Å². The van der Waals surface area contributed by atoms with Crippen molar-refractivity contribution < 1.29 is 9.32 Å². The van der Waals surface area contributed by atoms with Gasteiger partial charge in [-0.15, -0.1) is 0 Å². The zero-order valence-corrected chi connectivity index (χ0v) is 16.2. The summed E-state index contributed by atoms with van der Waals surface area (Å²) in [6.45, 7) is 6.68. The lowest BCUT2D eigenvalue weighted by Crippen LogP contribution is -2.34. The highest BCUT2D eigenvalue weighted by atomic mass is 16.5. The molecule has 28 heavy (non-hydrogen) atoms. The van der Waals surface area contributed by atoms with Gasteiger partial charge in [-0.1, -0.05) is 35.5 Å². The number of nitrogens with zero attached hydrogens (tertiary/aromatic N) is 4. The van der Waals surface area contributed by atoms with Gasteiger partial charge in [-0.3, -0.25) is 14.7 Å². The molecule has 0 unspecified atom stereocenters. The van der Waals surface area contributed by atoms with E-state index in [-0.39, 0.29) is 11.8 Å². The molecular formula is C21H25N5O2. The predicted octanol–water partition coefficient (Wildman–Crippen LogP) is 3.16. The van der Waals surface area contributed by atoms with E-state index in [4.69, 9.17) is 4.52 Å². The summed E-state index contributed by atoms with van der Waals surface area (Å²) in [4.78, 5) is 22.8. The number of nitrogens with one attached hydrogen (secondary N) is 1. The van der Waals surface area contributed by atoms with Gasteiger partial charge in [0.1, 0.15) is 0 Å². The van der Waals surface area contributed by atoms with Crippen molar-refractivity contribution in [1.29, 1.82) is 0 Å². The topological polar surface area (TPSA) is 84.2 Å².